The van der Waals surface area contributed by atoms with E-state index >= 15 is 0 Å². The Bertz CT molecular complexity index is 932. The number of Topliss-reactive ketones (excluding diaryl/α,β-unsaturated/α-hetero) is 1. The number of hydrogen-bond acceptors (Lipinski definition) is 6. The highest BCUT2D eigenvalue weighted by molar-refractivity contribution is 7.13. The highest BCUT2D eigenvalue weighted by Gasteiger charge is 2.42. The predicted octanol–water partition coefficient (Wildman–Crippen LogP) is 3.52. The summed E-state index contributed by atoms with van der Waals surface area (Å²) in [5, 5.41) is 10.2. The second-order valence-corrected chi connectivity index (χ2v) is 10.6. The van der Waals surface area contributed by atoms with E-state index in [0.717, 1.165) is 21.7 Å². The Morgan fingerprint density at radius 3 is 2.48 bits per heavy atom. The summed E-state index contributed by atoms with van der Waals surface area (Å²) in [5.41, 5.74) is 10.8. The van der Waals surface area contributed by atoms with Gasteiger partial charge in [-0.2, -0.15) is 0 Å². The van der Waals surface area contributed by atoms with E-state index in [4.69, 9.17) is 5.73 Å². The number of aromatic nitrogens is 1. The molecule has 3 N–H and O–H groups in total. The van der Waals surface area contributed by atoms with Crippen LogP contribution in [-0.2, 0) is 9.59 Å². The van der Waals surface area contributed by atoms with E-state index in [2.05, 4.69) is 17.1 Å². The summed E-state index contributed by atoms with van der Waals surface area (Å²) < 4.78 is 0. The van der Waals surface area contributed by atoms with Gasteiger partial charge in [0.25, 0.3) is 0 Å². The molecule has 1 aliphatic rings. The van der Waals surface area contributed by atoms with E-state index < -0.39 is 23.6 Å². The third kappa shape index (κ3) is 5.22. The van der Waals surface area contributed by atoms with Crippen molar-refractivity contribution in [3.63, 3.8) is 0 Å². The van der Waals surface area contributed by atoms with E-state index in [1.807, 2.05) is 52.3 Å². The molecule has 168 valence electrons. The number of aliphatic hydroxyl groups excluding tert-OH is 1. The molecule has 2 aromatic rings. The first kappa shape index (κ1) is 23.6. The molecule has 1 unspecified atom stereocenters. The van der Waals surface area contributed by atoms with Crippen LogP contribution in [0, 0.1) is 12.3 Å². The van der Waals surface area contributed by atoms with Crippen molar-refractivity contribution in [3.8, 4) is 10.4 Å². The van der Waals surface area contributed by atoms with Gasteiger partial charge in [0.2, 0.25) is 5.91 Å². The second kappa shape index (κ2) is 9.18. The number of amides is 1. The average Bonchev–Trinajstić information content (AvgIpc) is 3.31. The monoisotopic (exact) mass is 443 g/mol. The maximum Gasteiger partial charge on any atom is 0.240 e. The van der Waals surface area contributed by atoms with Gasteiger partial charge in [0.15, 0.2) is 5.78 Å². The molecule has 6 nitrogen and oxygen atoms in total. The number of carbonyl (C=O) groups is 2. The zero-order valence-corrected chi connectivity index (χ0v) is 19.8. The lowest BCUT2D eigenvalue weighted by Gasteiger charge is -2.32. The van der Waals surface area contributed by atoms with Gasteiger partial charge in [0.05, 0.1) is 34.3 Å². The summed E-state index contributed by atoms with van der Waals surface area (Å²) >= 11 is 1.61. The molecule has 0 bridgehead atoms. The summed E-state index contributed by atoms with van der Waals surface area (Å²) in [6, 6.07) is 6.90. The molecular weight excluding hydrogens is 410 g/mol. The lowest BCUT2D eigenvalue weighted by atomic mass is 9.86. The second-order valence-electron chi connectivity index (χ2n) is 9.70. The molecule has 1 aromatic heterocycles. The van der Waals surface area contributed by atoms with Crippen LogP contribution in [0.3, 0.4) is 0 Å². The van der Waals surface area contributed by atoms with Crippen LogP contribution in [0.5, 0.6) is 0 Å². The van der Waals surface area contributed by atoms with Crippen LogP contribution in [0.25, 0.3) is 10.4 Å². The molecule has 2 heterocycles. The minimum atomic E-state index is -0.715. The molecule has 31 heavy (non-hydrogen) atoms. The smallest absolute Gasteiger partial charge is 0.240 e. The van der Waals surface area contributed by atoms with Crippen molar-refractivity contribution < 1.29 is 14.7 Å². The van der Waals surface area contributed by atoms with Gasteiger partial charge in [-0.25, -0.2) is 4.98 Å². The summed E-state index contributed by atoms with van der Waals surface area (Å²) in [4.78, 5) is 33.0. The van der Waals surface area contributed by atoms with Crippen LogP contribution in [0.4, 0.5) is 0 Å². The molecule has 1 fully saturated rings. The fourth-order valence-electron chi connectivity index (χ4n) is 4.01. The summed E-state index contributed by atoms with van der Waals surface area (Å²) in [5.74, 6) is -0.282. The van der Waals surface area contributed by atoms with E-state index in [0.29, 0.717) is 6.42 Å². The number of thiazole rings is 1. The molecule has 3 rings (SSSR count). The number of aliphatic hydroxyl groups is 1. The van der Waals surface area contributed by atoms with Crippen molar-refractivity contribution >= 4 is 23.0 Å². The Morgan fingerprint density at radius 2 is 1.94 bits per heavy atom. The molecular formula is C24H33N3O3S. The summed E-state index contributed by atoms with van der Waals surface area (Å²) in [7, 11) is 0. The van der Waals surface area contributed by atoms with E-state index in [-0.39, 0.29) is 30.6 Å². The molecule has 0 aliphatic carbocycles. The molecule has 1 aliphatic heterocycles. The first-order valence-corrected chi connectivity index (χ1v) is 11.6. The van der Waals surface area contributed by atoms with Gasteiger partial charge in [-0.15, -0.1) is 11.3 Å². The van der Waals surface area contributed by atoms with Gasteiger partial charge < -0.3 is 15.7 Å². The largest absolute Gasteiger partial charge is 0.391 e. The zero-order valence-electron chi connectivity index (χ0n) is 19.0. The molecule has 0 radical (unpaired) electrons. The predicted molar refractivity (Wildman–Crippen MR) is 124 cm³/mol. The van der Waals surface area contributed by atoms with Crippen LogP contribution < -0.4 is 5.73 Å². The number of hydrogen-bond donors (Lipinski definition) is 2. The standard InChI is InChI=1S/C24H33N3O3S/c1-14(16-6-8-17(9-7-16)21-15(2)26-13-31-21)10-20(29)19-11-18(28)12-27(19)23(30)22(25)24(3,4)5/h6-9,13-14,18-19,22,28H,10-12,25H2,1-5H3/t14-,18-,19+,22?/m1/s1. The Balaban J connectivity index is 1.69. The number of benzene rings is 1. The van der Waals surface area contributed by atoms with Crippen molar-refractivity contribution in [1.29, 1.82) is 0 Å². The molecule has 0 saturated carbocycles. The molecule has 1 aromatic carbocycles. The van der Waals surface area contributed by atoms with Crippen molar-refractivity contribution in [2.24, 2.45) is 11.1 Å². The number of likely N-dealkylation sites (tertiary alicyclic amines) is 1. The number of nitrogens with zero attached hydrogens (tertiary/aromatic N) is 2. The average molecular weight is 444 g/mol. The summed E-state index contributed by atoms with van der Waals surface area (Å²) in [6.07, 6.45) is -0.106. The maximum absolute atomic E-state index is 13.1. The minimum absolute atomic E-state index is 0.00934. The van der Waals surface area contributed by atoms with Gasteiger partial charge in [-0.1, -0.05) is 52.0 Å². The highest BCUT2D eigenvalue weighted by Crippen LogP contribution is 2.31. The first-order chi connectivity index (χ1) is 14.5. The minimum Gasteiger partial charge on any atom is -0.391 e. The lowest BCUT2D eigenvalue weighted by molar-refractivity contribution is -0.140. The highest BCUT2D eigenvalue weighted by atomic mass is 32.1. The fourth-order valence-corrected chi connectivity index (χ4v) is 4.82. The number of aryl methyl sites for hydroxylation is 1. The number of β-amino-alcohol motifs (C(OH)–C–C–N with tert-alkyl or cyclic N) is 1. The molecule has 0 spiro atoms. The first-order valence-electron chi connectivity index (χ1n) is 10.8. The summed E-state index contributed by atoms with van der Waals surface area (Å²) in [6.45, 7) is 9.88. The van der Waals surface area contributed by atoms with Gasteiger partial charge >= 0.3 is 0 Å². The number of carbonyl (C=O) groups excluding carboxylic acids is 2. The SMILES string of the molecule is Cc1ncsc1-c1ccc([C@H](C)CC(=O)[C@@H]2C[C@@H](O)CN2C(=O)C(N)C(C)(C)C)cc1. The van der Waals surface area contributed by atoms with Crippen LogP contribution in [0.1, 0.15) is 57.7 Å². The lowest BCUT2D eigenvalue weighted by Crippen LogP contribution is -2.53. The maximum atomic E-state index is 13.1. The fraction of sp³-hybridized carbons (Fsp3) is 0.542. The van der Waals surface area contributed by atoms with Crippen LogP contribution in [0.2, 0.25) is 0 Å². The van der Waals surface area contributed by atoms with Gasteiger partial charge in [0.1, 0.15) is 0 Å². The van der Waals surface area contributed by atoms with Crippen LogP contribution in [-0.4, -0.2) is 51.4 Å². The Morgan fingerprint density at radius 1 is 1.29 bits per heavy atom. The zero-order chi connectivity index (χ0) is 22.9. The molecule has 1 amide bonds. The number of ketones is 1. The van der Waals surface area contributed by atoms with Gasteiger partial charge in [0, 0.05) is 19.4 Å². The third-order valence-corrected chi connectivity index (χ3v) is 7.11. The van der Waals surface area contributed by atoms with Crippen molar-refractivity contribution in [3.05, 3.63) is 41.0 Å². The van der Waals surface area contributed by atoms with Crippen molar-refractivity contribution in [2.75, 3.05) is 6.54 Å². The number of nitrogens with two attached hydrogens (primary N) is 1. The molecule has 1 saturated heterocycles. The number of rotatable bonds is 6. The Labute approximate surface area is 188 Å². The van der Waals surface area contributed by atoms with E-state index in [1.165, 1.54) is 4.90 Å². The Hall–Kier alpha value is -2.09. The normalized spacial score (nSPS) is 21.2. The molecule has 7 heteroatoms. The van der Waals surface area contributed by atoms with Crippen molar-refractivity contribution in [2.45, 2.75) is 71.6 Å². The van der Waals surface area contributed by atoms with Crippen LogP contribution >= 0.6 is 11.3 Å². The van der Waals surface area contributed by atoms with E-state index in [9.17, 15) is 14.7 Å². The third-order valence-electron chi connectivity index (χ3n) is 6.13. The van der Waals surface area contributed by atoms with Gasteiger partial charge in [-0.05, 0) is 29.4 Å². The van der Waals surface area contributed by atoms with Crippen LogP contribution in [0.15, 0.2) is 29.8 Å². The molecule has 4 atom stereocenters. The Kier molecular flexibility index (Phi) is 6.98. The van der Waals surface area contributed by atoms with Gasteiger partial charge in [-0.3, -0.25) is 9.59 Å². The van der Waals surface area contributed by atoms with E-state index in [1.54, 1.807) is 11.3 Å². The topological polar surface area (TPSA) is 96.5 Å². The quantitative estimate of drug-likeness (QED) is 0.712. The van der Waals surface area contributed by atoms with Crippen molar-refractivity contribution in [1.82, 2.24) is 9.88 Å².